The van der Waals surface area contributed by atoms with E-state index in [1.54, 1.807) is 62.8 Å². The van der Waals surface area contributed by atoms with Gasteiger partial charge in [-0.3, -0.25) is 15.0 Å². The fraction of sp³-hybridized carbons (Fsp3) is 0.105. The van der Waals surface area contributed by atoms with Crippen LogP contribution in [-0.2, 0) is 4.79 Å². The number of benzene rings is 2. The minimum absolute atomic E-state index is 0.260. The molecule has 0 spiro atoms. The van der Waals surface area contributed by atoms with Crippen molar-refractivity contribution >= 4 is 46.2 Å². The van der Waals surface area contributed by atoms with Crippen LogP contribution in [0.3, 0.4) is 0 Å². The third kappa shape index (κ3) is 4.12. The zero-order valence-corrected chi connectivity index (χ0v) is 16.2. The summed E-state index contributed by atoms with van der Waals surface area (Å²) in [4.78, 5) is 25.3. The smallest absolute Gasteiger partial charge is 0.285 e. The molecule has 0 unspecified atom stereocenters. The monoisotopic (exact) mass is 400 g/mol. The number of carbonyl (C=O) groups excluding carboxylic acids is 2. The molecule has 1 aliphatic heterocycles. The highest BCUT2D eigenvalue weighted by atomic mass is 32.2. The Kier molecular flexibility index (Phi) is 5.78. The fourth-order valence-electron chi connectivity index (χ4n) is 2.41. The Labute approximate surface area is 166 Å². The molecule has 2 aromatic rings. The number of thioether (sulfide) groups is 1. The van der Waals surface area contributed by atoms with Crippen LogP contribution in [0.4, 0.5) is 0 Å². The third-order valence-corrected chi connectivity index (χ3v) is 5.05. The number of amides is 2. The summed E-state index contributed by atoms with van der Waals surface area (Å²) in [5, 5.41) is 1.09. The Morgan fingerprint density at radius 3 is 2.48 bits per heavy atom. The number of rotatable bonds is 5. The molecule has 3 rings (SSSR count). The first-order chi connectivity index (χ1) is 13.0. The van der Waals surface area contributed by atoms with E-state index in [0.29, 0.717) is 22.0 Å². The highest BCUT2D eigenvalue weighted by Gasteiger charge is 2.33. The lowest BCUT2D eigenvalue weighted by Crippen LogP contribution is -2.44. The van der Waals surface area contributed by atoms with Crippen LogP contribution in [-0.4, -0.2) is 35.4 Å². The summed E-state index contributed by atoms with van der Waals surface area (Å²) in [6, 6.07) is 13.9. The minimum Gasteiger partial charge on any atom is -0.493 e. The maximum atomic E-state index is 12.6. The van der Waals surface area contributed by atoms with Gasteiger partial charge in [-0.15, -0.1) is 0 Å². The first kappa shape index (κ1) is 18.9. The molecule has 27 heavy (non-hydrogen) atoms. The molecule has 1 saturated heterocycles. The zero-order chi connectivity index (χ0) is 19.4. The second-order valence-electron chi connectivity index (χ2n) is 5.44. The molecule has 1 heterocycles. The van der Waals surface area contributed by atoms with Gasteiger partial charge in [0.2, 0.25) is 0 Å². The van der Waals surface area contributed by atoms with Crippen LogP contribution in [0.15, 0.2) is 53.4 Å². The van der Waals surface area contributed by atoms with E-state index < -0.39 is 5.91 Å². The maximum Gasteiger partial charge on any atom is 0.285 e. The number of hydrogen-bond acceptors (Lipinski definition) is 6. The summed E-state index contributed by atoms with van der Waals surface area (Å²) in [6.07, 6.45) is 1.69. The normalized spacial score (nSPS) is 15.2. The van der Waals surface area contributed by atoms with E-state index in [4.69, 9.17) is 21.7 Å². The standard InChI is InChI=1S/C19H16N2O4S2/c1-24-14-9-8-12(10-15(14)25-2)11-16-18(23)21(19(26)27-16)20-17(22)13-6-4-3-5-7-13/h3-11H,1-2H3,(H,20,22)/b16-11-. The van der Waals surface area contributed by atoms with E-state index >= 15 is 0 Å². The van der Waals surface area contributed by atoms with Gasteiger partial charge in [0.25, 0.3) is 11.8 Å². The quantitative estimate of drug-likeness (QED) is 0.614. The van der Waals surface area contributed by atoms with Gasteiger partial charge in [0.05, 0.1) is 19.1 Å². The van der Waals surface area contributed by atoms with Crippen LogP contribution < -0.4 is 14.9 Å². The molecule has 138 valence electrons. The van der Waals surface area contributed by atoms with Gasteiger partial charge in [-0.2, -0.15) is 5.01 Å². The van der Waals surface area contributed by atoms with Crippen molar-refractivity contribution in [3.8, 4) is 11.5 Å². The molecule has 0 bridgehead atoms. The Bertz CT molecular complexity index is 929. The van der Waals surface area contributed by atoms with Crippen LogP contribution >= 0.6 is 24.0 Å². The molecule has 2 aromatic carbocycles. The Balaban J connectivity index is 1.79. The lowest BCUT2D eigenvalue weighted by Gasteiger charge is -2.15. The second kappa shape index (κ2) is 8.24. The molecule has 0 radical (unpaired) electrons. The summed E-state index contributed by atoms with van der Waals surface area (Å²) >= 11 is 6.35. The molecule has 0 aromatic heterocycles. The lowest BCUT2D eigenvalue weighted by atomic mass is 10.2. The minimum atomic E-state index is -0.403. The molecule has 8 heteroatoms. The number of carbonyl (C=O) groups is 2. The number of nitrogens with one attached hydrogen (secondary N) is 1. The van der Waals surface area contributed by atoms with Gasteiger partial charge in [0.1, 0.15) is 0 Å². The summed E-state index contributed by atoms with van der Waals surface area (Å²) in [7, 11) is 3.10. The maximum absolute atomic E-state index is 12.6. The molecular formula is C19H16N2O4S2. The Hall–Kier alpha value is -2.84. The Morgan fingerprint density at radius 1 is 1.11 bits per heavy atom. The molecule has 0 aliphatic carbocycles. The van der Waals surface area contributed by atoms with Gasteiger partial charge in [-0.25, -0.2) is 0 Å². The predicted octanol–water partition coefficient (Wildman–Crippen LogP) is 3.25. The average Bonchev–Trinajstić information content (AvgIpc) is 2.95. The SMILES string of the molecule is COc1ccc(/C=C2\SC(=S)N(NC(=O)c3ccccc3)C2=O)cc1OC. The van der Waals surface area contributed by atoms with E-state index in [1.807, 2.05) is 6.07 Å². The number of ether oxygens (including phenoxy) is 2. The number of hydrazine groups is 1. The predicted molar refractivity (Wildman–Crippen MR) is 108 cm³/mol. The summed E-state index contributed by atoms with van der Waals surface area (Å²) in [5.74, 6) is 0.361. The van der Waals surface area contributed by atoms with E-state index in [-0.39, 0.29) is 10.2 Å². The van der Waals surface area contributed by atoms with Crippen molar-refractivity contribution in [1.29, 1.82) is 0 Å². The van der Waals surface area contributed by atoms with E-state index in [9.17, 15) is 9.59 Å². The van der Waals surface area contributed by atoms with Crippen molar-refractivity contribution < 1.29 is 19.1 Å². The number of nitrogens with zero attached hydrogens (tertiary/aromatic N) is 1. The highest BCUT2D eigenvalue weighted by molar-refractivity contribution is 8.26. The largest absolute Gasteiger partial charge is 0.493 e. The van der Waals surface area contributed by atoms with Crippen LogP contribution in [0.2, 0.25) is 0 Å². The van der Waals surface area contributed by atoms with Gasteiger partial charge in [0.15, 0.2) is 15.8 Å². The van der Waals surface area contributed by atoms with Gasteiger partial charge < -0.3 is 9.47 Å². The highest BCUT2D eigenvalue weighted by Crippen LogP contribution is 2.34. The summed E-state index contributed by atoms with van der Waals surface area (Å²) < 4.78 is 10.7. The summed E-state index contributed by atoms with van der Waals surface area (Å²) in [5.41, 5.74) is 3.74. The van der Waals surface area contributed by atoms with Gasteiger partial charge in [-0.1, -0.05) is 36.0 Å². The van der Waals surface area contributed by atoms with Gasteiger partial charge in [0, 0.05) is 5.56 Å². The number of methoxy groups -OCH3 is 2. The molecule has 6 nitrogen and oxygen atoms in total. The van der Waals surface area contributed by atoms with Crippen molar-refractivity contribution in [2.24, 2.45) is 0 Å². The fourth-order valence-corrected chi connectivity index (χ4v) is 3.59. The zero-order valence-electron chi connectivity index (χ0n) is 14.6. The van der Waals surface area contributed by atoms with Gasteiger partial charge >= 0.3 is 0 Å². The van der Waals surface area contributed by atoms with E-state index in [2.05, 4.69) is 5.43 Å². The second-order valence-corrected chi connectivity index (χ2v) is 7.11. The topological polar surface area (TPSA) is 67.9 Å². The van der Waals surface area contributed by atoms with Crippen LogP contribution in [0.5, 0.6) is 11.5 Å². The Morgan fingerprint density at radius 2 is 1.81 bits per heavy atom. The van der Waals surface area contributed by atoms with Crippen LogP contribution in [0, 0.1) is 0 Å². The van der Waals surface area contributed by atoms with Crippen molar-refractivity contribution in [2.45, 2.75) is 0 Å². The molecule has 0 saturated carbocycles. The molecular weight excluding hydrogens is 384 g/mol. The lowest BCUT2D eigenvalue weighted by molar-refractivity contribution is -0.123. The molecule has 1 N–H and O–H groups in total. The van der Waals surface area contributed by atoms with Crippen molar-refractivity contribution in [3.63, 3.8) is 0 Å². The number of thiocarbonyl (C=S) groups is 1. The van der Waals surface area contributed by atoms with Crippen LogP contribution in [0.1, 0.15) is 15.9 Å². The molecule has 1 fully saturated rings. The van der Waals surface area contributed by atoms with Crippen molar-refractivity contribution in [1.82, 2.24) is 10.4 Å². The third-order valence-electron chi connectivity index (χ3n) is 3.75. The average molecular weight is 400 g/mol. The first-order valence-corrected chi connectivity index (χ1v) is 9.12. The molecule has 1 aliphatic rings. The van der Waals surface area contributed by atoms with Gasteiger partial charge in [-0.05, 0) is 48.1 Å². The van der Waals surface area contributed by atoms with E-state index in [0.717, 1.165) is 22.3 Å². The first-order valence-electron chi connectivity index (χ1n) is 7.89. The van der Waals surface area contributed by atoms with Crippen molar-refractivity contribution in [3.05, 3.63) is 64.6 Å². The van der Waals surface area contributed by atoms with Crippen LogP contribution in [0.25, 0.3) is 6.08 Å². The summed E-state index contributed by atoms with van der Waals surface area (Å²) in [6.45, 7) is 0. The number of hydrogen-bond donors (Lipinski definition) is 1. The molecule has 2 amide bonds. The van der Waals surface area contributed by atoms with E-state index in [1.165, 1.54) is 0 Å². The molecule has 0 atom stereocenters. The van der Waals surface area contributed by atoms with Crippen molar-refractivity contribution in [2.75, 3.05) is 14.2 Å².